The fourth-order valence-electron chi connectivity index (χ4n) is 7.55. The number of carbonyl (C=O) groups excluding carboxylic acids is 3. The number of methoxy groups -OCH3 is 2. The van der Waals surface area contributed by atoms with Gasteiger partial charge in [0.1, 0.15) is 17.9 Å². The van der Waals surface area contributed by atoms with Crippen LogP contribution >= 0.6 is 0 Å². The second kappa shape index (κ2) is 20.3. The molecule has 2 aliphatic rings. The number of nitrogens with zero attached hydrogens (tertiary/aromatic N) is 1. The molecule has 0 heterocycles. The van der Waals surface area contributed by atoms with E-state index in [1.54, 1.807) is 26.4 Å². The van der Waals surface area contributed by atoms with E-state index in [1.807, 2.05) is 30.3 Å². The third-order valence-electron chi connectivity index (χ3n) is 10.5. The Morgan fingerprint density at radius 1 is 0.788 bits per heavy atom. The number of amidine groups is 1. The summed E-state index contributed by atoms with van der Waals surface area (Å²) in [5, 5.41) is 16.9. The van der Waals surface area contributed by atoms with Gasteiger partial charge in [0.05, 0.1) is 14.2 Å². The number of hydrogen-bond acceptors (Lipinski definition) is 7. The Morgan fingerprint density at radius 3 is 2.00 bits per heavy atom. The molecule has 4 rings (SSSR count). The Kier molecular flexibility index (Phi) is 15.6. The molecule has 0 saturated heterocycles. The van der Waals surface area contributed by atoms with Crippen molar-refractivity contribution in [1.29, 1.82) is 5.41 Å². The lowest BCUT2D eigenvalue weighted by Gasteiger charge is -2.34. The summed E-state index contributed by atoms with van der Waals surface area (Å²) < 4.78 is 10.7. The van der Waals surface area contributed by atoms with Gasteiger partial charge in [0, 0.05) is 24.6 Å². The van der Waals surface area contributed by atoms with Gasteiger partial charge in [0.15, 0.2) is 17.5 Å². The molecule has 2 fully saturated rings. The van der Waals surface area contributed by atoms with E-state index < -0.39 is 12.1 Å². The quantitative estimate of drug-likeness (QED) is 0.0684. The fraction of sp³-hybridized carbons (Fsp3) is 0.564. The van der Waals surface area contributed by atoms with Crippen molar-refractivity contribution in [3.63, 3.8) is 0 Å². The van der Waals surface area contributed by atoms with Gasteiger partial charge < -0.3 is 42.6 Å². The largest absolute Gasteiger partial charge is 0.493 e. The summed E-state index contributed by atoms with van der Waals surface area (Å²) in [4.78, 5) is 46.4. The molecule has 2 aromatic rings. The maximum atomic E-state index is 14.3. The summed E-state index contributed by atoms with van der Waals surface area (Å²) in [5.41, 5.74) is 19.2. The zero-order valence-corrected chi connectivity index (χ0v) is 30.8. The minimum absolute atomic E-state index is 0.00125. The molecule has 13 nitrogen and oxygen atoms in total. The summed E-state index contributed by atoms with van der Waals surface area (Å²) in [7, 11) is 3.11. The fourth-order valence-corrected chi connectivity index (χ4v) is 7.55. The van der Waals surface area contributed by atoms with E-state index in [0.29, 0.717) is 42.9 Å². The van der Waals surface area contributed by atoms with E-state index in [2.05, 4.69) is 20.9 Å². The van der Waals surface area contributed by atoms with E-state index in [-0.39, 0.29) is 53.8 Å². The first-order chi connectivity index (χ1) is 25.1. The summed E-state index contributed by atoms with van der Waals surface area (Å²) in [6.45, 7) is 0.510. The van der Waals surface area contributed by atoms with Crippen molar-refractivity contribution in [2.75, 3.05) is 20.8 Å². The third-order valence-corrected chi connectivity index (χ3v) is 10.5. The van der Waals surface area contributed by atoms with Gasteiger partial charge in [-0.25, -0.2) is 0 Å². The highest BCUT2D eigenvalue weighted by molar-refractivity contribution is 5.95. The summed E-state index contributed by atoms with van der Waals surface area (Å²) >= 11 is 0. The zero-order valence-electron chi connectivity index (χ0n) is 30.8. The number of rotatable bonds is 18. The smallest absolute Gasteiger partial charge is 0.243 e. The van der Waals surface area contributed by atoms with E-state index in [9.17, 15) is 14.4 Å². The number of benzene rings is 2. The lowest BCUT2D eigenvalue weighted by molar-refractivity contribution is -0.135. The second-order valence-electron chi connectivity index (χ2n) is 14.1. The topological polar surface area (TPSA) is 220 Å². The Bertz CT molecular complexity index is 1520. The van der Waals surface area contributed by atoms with Crippen LogP contribution in [0.5, 0.6) is 11.5 Å². The van der Waals surface area contributed by atoms with Gasteiger partial charge in [-0.2, -0.15) is 0 Å². The number of guanidine groups is 1. The monoisotopic (exact) mass is 718 g/mol. The zero-order chi connectivity index (χ0) is 37.5. The molecule has 284 valence electrons. The number of nitrogens with one attached hydrogen (secondary N) is 4. The predicted octanol–water partition coefficient (Wildman–Crippen LogP) is 3.65. The summed E-state index contributed by atoms with van der Waals surface area (Å²) in [6.07, 6.45) is 11.2. The first kappa shape index (κ1) is 40.0. The Hall–Kier alpha value is -4.81. The molecule has 2 saturated carbocycles. The van der Waals surface area contributed by atoms with Crippen molar-refractivity contribution < 1.29 is 23.9 Å². The number of nitrogens with two attached hydrogens (primary N) is 3. The highest BCUT2D eigenvalue weighted by Gasteiger charge is 2.37. The van der Waals surface area contributed by atoms with Crippen LogP contribution in [0.15, 0.2) is 47.5 Å². The molecule has 3 atom stereocenters. The van der Waals surface area contributed by atoms with Crippen LogP contribution in [-0.4, -0.2) is 62.4 Å². The van der Waals surface area contributed by atoms with Gasteiger partial charge in [-0.15, -0.1) is 0 Å². The van der Waals surface area contributed by atoms with Gasteiger partial charge in [0.25, 0.3) is 0 Å². The molecule has 0 radical (unpaired) electrons. The lowest BCUT2D eigenvalue weighted by atomic mass is 9.76. The molecule has 52 heavy (non-hydrogen) atoms. The van der Waals surface area contributed by atoms with Crippen molar-refractivity contribution in [2.24, 2.45) is 39.9 Å². The van der Waals surface area contributed by atoms with Crippen LogP contribution in [0, 0.1) is 23.2 Å². The first-order valence-electron chi connectivity index (χ1n) is 18.7. The molecule has 2 unspecified atom stereocenters. The highest BCUT2D eigenvalue weighted by Crippen LogP contribution is 2.34. The van der Waals surface area contributed by atoms with Crippen molar-refractivity contribution in [1.82, 2.24) is 16.0 Å². The van der Waals surface area contributed by atoms with Gasteiger partial charge in [-0.1, -0.05) is 68.9 Å². The molecule has 0 aliphatic heterocycles. The SMILES string of the molecule is COc1ccc(CNC(=O)[C@H](CCCN=C(N)N)NC(=O)C(NC(=O)C(Cc2ccc(C(=N)N)cc2)C2CCCCC2)C2CCCCC2)cc1OC. The highest BCUT2D eigenvalue weighted by atomic mass is 16.5. The number of aliphatic imine (C=N–C) groups is 1. The second-order valence-corrected chi connectivity index (χ2v) is 14.1. The average Bonchev–Trinajstić information content (AvgIpc) is 3.16. The normalized spacial score (nSPS) is 16.8. The van der Waals surface area contributed by atoms with Crippen LogP contribution in [0.4, 0.5) is 0 Å². The Balaban J connectivity index is 1.53. The van der Waals surface area contributed by atoms with Crippen molar-refractivity contribution >= 4 is 29.5 Å². The van der Waals surface area contributed by atoms with E-state index in [4.69, 9.17) is 32.1 Å². The van der Waals surface area contributed by atoms with Crippen molar-refractivity contribution in [2.45, 2.75) is 102 Å². The standard InChI is InChI=1S/C39H58N8O5/c1-51-32-20-17-26(23-33(32)52-2)24-45-37(49)31(14-9-21-44-39(42)43)46-38(50)34(28-12-7-4-8-13-28)47-36(48)30(27-10-5-3-6-11-27)22-25-15-18-29(19-16-25)35(40)41/h15-20,23,27-28,30-31,34H,3-14,21-22,24H2,1-2H3,(H3,40,41)(H,45,49)(H,46,50)(H,47,48)(H4,42,43,44)/t30?,31-,34?/m0/s1. The van der Waals surface area contributed by atoms with Crippen LogP contribution in [0.25, 0.3) is 0 Å². The molecule has 13 heteroatoms. The van der Waals surface area contributed by atoms with Crippen molar-refractivity contribution in [3.8, 4) is 11.5 Å². The number of amides is 3. The molecule has 2 aromatic carbocycles. The van der Waals surface area contributed by atoms with Crippen LogP contribution < -0.4 is 42.6 Å². The average molecular weight is 719 g/mol. The minimum atomic E-state index is -0.876. The van der Waals surface area contributed by atoms with Gasteiger partial charge in [-0.3, -0.25) is 24.8 Å². The number of nitrogen functional groups attached to an aromatic ring is 1. The first-order valence-corrected chi connectivity index (χ1v) is 18.7. The Labute approximate surface area is 307 Å². The molecule has 2 aliphatic carbocycles. The molecule has 10 N–H and O–H groups in total. The van der Waals surface area contributed by atoms with Crippen LogP contribution in [0.3, 0.4) is 0 Å². The van der Waals surface area contributed by atoms with Gasteiger partial charge >= 0.3 is 0 Å². The molecule has 0 aromatic heterocycles. The van der Waals surface area contributed by atoms with E-state index >= 15 is 0 Å². The molecular formula is C39H58N8O5. The minimum Gasteiger partial charge on any atom is -0.493 e. The maximum absolute atomic E-state index is 14.3. The molecule has 3 amide bonds. The van der Waals surface area contributed by atoms with Crippen LogP contribution in [0.2, 0.25) is 0 Å². The molecular weight excluding hydrogens is 660 g/mol. The van der Waals surface area contributed by atoms with Gasteiger partial charge in [-0.05, 0) is 80.0 Å². The van der Waals surface area contributed by atoms with E-state index in [1.165, 1.54) is 0 Å². The lowest BCUT2D eigenvalue weighted by Crippen LogP contribution is -2.57. The summed E-state index contributed by atoms with van der Waals surface area (Å²) in [6, 6.07) is 11.2. The predicted molar refractivity (Wildman–Crippen MR) is 203 cm³/mol. The Morgan fingerprint density at radius 2 is 1.40 bits per heavy atom. The number of carbonyl (C=O) groups is 3. The third kappa shape index (κ3) is 11.9. The molecule has 0 bridgehead atoms. The number of hydrogen-bond donors (Lipinski definition) is 7. The summed E-state index contributed by atoms with van der Waals surface area (Å²) in [5.74, 6) is 0.0743. The van der Waals surface area contributed by atoms with Crippen LogP contribution in [0.1, 0.15) is 93.7 Å². The van der Waals surface area contributed by atoms with E-state index in [0.717, 1.165) is 75.3 Å². The number of ether oxygens (including phenoxy) is 2. The van der Waals surface area contributed by atoms with Crippen LogP contribution in [-0.2, 0) is 27.3 Å². The maximum Gasteiger partial charge on any atom is 0.243 e. The van der Waals surface area contributed by atoms with Crippen molar-refractivity contribution in [3.05, 3.63) is 59.2 Å². The molecule has 0 spiro atoms. The van der Waals surface area contributed by atoms with Gasteiger partial charge in [0.2, 0.25) is 17.7 Å².